The summed E-state index contributed by atoms with van der Waals surface area (Å²) in [5, 5.41) is 11.1. The van der Waals surface area contributed by atoms with E-state index < -0.39 is 24.5 Å². The van der Waals surface area contributed by atoms with Gasteiger partial charge in [-0.3, -0.25) is 0 Å². The van der Waals surface area contributed by atoms with E-state index in [-0.39, 0.29) is 0 Å². The van der Waals surface area contributed by atoms with Gasteiger partial charge in [0.25, 0.3) is 0 Å². The second kappa shape index (κ2) is 4.21. The molecular formula is C10H15NO2Sn. The fourth-order valence-corrected chi connectivity index (χ4v) is 5.79. The third-order valence-corrected chi connectivity index (χ3v) is 7.83. The molecule has 1 amide bonds. The van der Waals surface area contributed by atoms with Crippen LogP contribution >= 0.6 is 0 Å². The van der Waals surface area contributed by atoms with Crippen LogP contribution in [-0.4, -0.2) is 29.6 Å². The zero-order chi connectivity index (χ0) is 10.8. The van der Waals surface area contributed by atoms with Crippen LogP contribution in [0.2, 0.25) is 14.8 Å². The van der Waals surface area contributed by atoms with E-state index in [1.807, 2.05) is 24.3 Å². The van der Waals surface area contributed by atoms with E-state index in [1.165, 1.54) is 3.58 Å². The summed E-state index contributed by atoms with van der Waals surface area (Å²) in [6, 6.07) is 7.67. The molecule has 0 unspecified atom stereocenters. The van der Waals surface area contributed by atoms with Crippen molar-refractivity contribution in [2.24, 2.45) is 0 Å². The molecule has 4 heteroatoms. The Morgan fingerprint density at radius 1 is 1.29 bits per heavy atom. The molecule has 0 spiro atoms. The molecule has 76 valence electrons. The van der Waals surface area contributed by atoms with Gasteiger partial charge >= 0.3 is 88.0 Å². The Kier molecular flexibility index (Phi) is 3.42. The summed E-state index contributed by atoms with van der Waals surface area (Å²) in [6.45, 7) is 0. The SMILES string of the molecule is [CH3][Sn]([CH3])([CH3])[c]1ccccc1NC(=O)O. The number of hydrogen-bond acceptors (Lipinski definition) is 1. The first-order chi connectivity index (χ1) is 6.41. The van der Waals surface area contributed by atoms with Gasteiger partial charge in [0.05, 0.1) is 0 Å². The van der Waals surface area contributed by atoms with Crippen LogP contribution in [-0.2, 0) is 0 Å². The summed E-state index contributed by atoms with van der Waals surface area (Å²) in [6.07, 6.45) is -0.993. The van der Waals surface area contributed by atoms with Crippen molar-refractivity contribution in [2.45, 2.75) is 14.8 Å². The Hall–Kier alpha value is -0.711. The molecule has 0 saturated heterocycles. The van der Waals surface area contributed by atoms with Crippen molar-refractivity contribution >= 4 is 33.7 Å². The molecule has 3 nitrogen and oxygen atoms in total. The van der Waals surface area contributed by atoms with Gasteiger partial charge in [-0.15, -0.1) is 0 Å². The van der Waals surface area contributed by atoms with Crippen molar-refractivity contribution in [3.63, 3.8) is 0 Å². The van der Waals surface area contributed by atoms with E-state index in [0.29, 0.717) is 0 Å². The molecule has 2 N–H and O–H groups in total. The Morgan fingerprint density at radius 2 is 1.86 bits per heavy atom. The first kappa shape index (κ1) is 11.4. The normalized spacial score (nSPS) is 11.1. The molecular weight excluding hydrogens is 285 g/mol. The van der Waals surface area contributed by atoms with Gasteiger partial charge in [-0.25, -0.2) is 0 Å². The fourth-order valence-electron chi connectivity index (χ4n) is 1.36. The van der Waals surface area contributed by atoms with Crippen LogP contribution in [0.15, 0.2) is 24.3 Å². The molecule has 0 saturated carbocycles. The van der Waals surface area contributed by atoms with Gasteiger partial charge in [0.15, 0.2) is 0 Å². The van der Waals surface area contributed by atoms with Crippen molar-refractivity contribution < 1.29 is 9.90 Å². The maximum absolute atomic E-state index is 10.6. The van der Waals surface area contributed by atoms with Gasteiger partial charge in [0.1, 0.15) is 0 Å². The van der Waals surface area contributed by atoms with Crippen LogP contribution in [0.5, 0.6) is 0 Å². The van der Waals surface area contributed by atoms with Crippen molar-refractivity contribution in [1.29, 1.82) is 0 Å². The Labute approximate surface area is 88.0 Å². The van der Waals surface area contributed by atoms with Crippen LogP contribution < -0.4 is 8.90 Å². The molecule has 0 heterocycles. The molecule has 0 aliphatic carbocycles. The first-order valence-corrected chi connectivity index (χ1v) is 14.5. The van der Waals surface area contributed by atoms with Gasteiger partial charge in [0, 0.05) is 0 Å². The molecule has 0 atom stereocenters. The zero-order valence-corrected chi connectivity index (χ0v) is 11.5. The average Bonchev–Trinajstić information content (AvgIpc) is 2.01. The third-order valence-electron chi connectivity index (χ3n) is 1.98. The van der Waals surface area contributed by atoms with Gasteiger partial charge in [-0.05, 0) is 0 Å². The van der Waals surface area contributed by atoms with Crippen LogP contribution in [0.25, 0.3) is 0 Å². The van der Waals surface area contributed by atoms with Gasteiger partial charge in [0.2, 0.25) is 0 Å². The Balaban J connectivity index is 3.10. The Morgan fingerprint density at radius 3 is 2.36 bits per heavy atom. The molecule has 1 aromatic rings. The van der Waals surface area contributed by atoms with Gasteiger partial charge in [-0.1, -0.05) is 0 Å². The molecule has 1 aromatic carbocycles. The molecule has 0 aliphatic heterocycles. The van der Waals surface area contributed by atoms with E-state index >= 15 is 0 Å². The second-order valence-corrected chi connectivity index (χ2v) is 18.6. The standard InChI is InChI=1S/C7H6NO2.3CH3.Sn/c9-7(10)8-6-4-2-1-3-5-6;;;;/h1-4,8H,(H,9,10);3*1H3;. The average molecular weight is 300 g/mol. The summed E-state index contributed by atoms with van der Waals surface area (Å²) in [4.78, 5) is 17.3. The van der Waals surface area contributed by atoms with Gasteiger partial charge in [-0.2, -0.15) is 0 Å². The minimum absolute atomic E-state index is 0.753. The fraction of sp³-hybridized carbons (Fsp3) is 0.300. The molecule has 0 aromatic heterocycles. The number of hydrogen-bond donors (Lipinski definition) is 2. The molecule has 0 fully saturated rings. The third kappa shape index (κ3) is 2.90. The predicted molar refractivity (Wildman–Crippen MR) is 61.1 cm³/mol. The quantitative estimate of drug-likeness (QED) is 0.824. The van der Waals surface area contributed by atoms with E-state index in [2.05, 4.69) is 20.1 Å². The van der Waals surface area contributed by atoms with Gasteiger partial charge < -0.3 is 0 Å². The predicted octanol–water partition coefficient (Wildman–Crippen LogP) is 2.32. The number of rotatable bonds is 2. The van der Waals surface area contributed by atoms with Crippen LogP contribution in [0, 0.1) is 0 Å². The molecule has 14 heavy (non-hydrogen) atoms. The number of carbonyl (C=O) groups is 1. The number of anilines is 1. The number of para-hydroxylation sites is 1. The summed E-state index contributed by atoms with van der Waals surface area (Å²) in [5.41, 5.74) is 0.753. The van der Waals surface area contributed by atoms with Crippen molar-refractivity contribution in [1.82, 2.24) is 0 Å². The van der Waals surface area contributed by atoms with Crippen molar-refractivity contribution in [3.8, 4) is 0 Å². The van der Waals surface area contributed by atoms with Crippen molar-refractivity contribution in [2.75, 3.05) is 5.32 Å². The van der Waals surface area contributed by atoms with E-state index in [1.54, 1.807) is 0 Å². The molecule has 1 rings (SSSR count). The first-order valence-electron chi connectivity index (χ1n) is 4.51. The maximum atomic E-state index is 10.6. The number of benzene rings is 1. The summed E-state index contributed by atoms with van der Waals surface area (Å²) >= 11 is -2.19. The molecule has 0 bridgehead atoms. The summed E-state index contributed by atoms with van der Waals surface area (Å²) in [5.74, 6) is 0. The van der Waals surface area contributed by atoms with E-state index in [9.17, 15) is 4.79 Å². The number of amides is 1. The monoisotopic (exact) mass is 301 g/mol. The number of carboxylic acid groups (broad SMARTS) is 1. The van der Waals surface area contributed by atoms with Crippen LogP contribution in [0.1, 0.15) is 0 Å². The van der Waals surface area contributed by atoms with E-state index in [0.717, 1.165) is 5.69 Å². The summed E-state index contributed by atoms with van der Waals surface area (Å²) in [7, 11) is 0. The zero-order valence-electron chi connectivity index (χ0n) is 8.66. The molecule has 0 radical (unpaired) electrons. The minimum atomic E-state index is -2.19. The van der Waals surface area contributed by atoms with Crippen molar-refractivity contribution in [3.05, 3.63) is 24.3 Å². The van der Waals surface area contributed by atoms with E-state index in [4.69, 9.17) is 5.11 Å². The topological polar surface area (TPSA) is 49.3 Å². The summed E-state index contributed by atoms with van der Waals surface area (Å²) < 4.78 is 1.21. The number of nitrogens with one attached hydrogen (secondary N) is 1. The van der Waals surface area contributed by atoms with Crippen LogP contribution in [0.3, 0.4) is 0 Å². The molecule has 0 aliphatic rings. The van der Waals surface area contributed by atoms with Crippen LogP contribution in [0.4, 0.5) is 10.5 Å². The Bertz CT molecular complexity index is 344. The second-order valence-electron chi connectivity index (χ2n) is 4.23.